The lowest BCUT2D eigenvalue weighted by atomic mass is 10.0. The number of hydrogen-bond acceptors (Lipinski definition) is 5. The first-order valence-electron chi connectivity index (χ1n) is 16.6. The van der Waals surface area contributed by atoms with Gasteiger partial charge >= 0.3 is 0 Å². The number of hydrogen-bond donors (Lipinski definition) is 0. The first kappa shape index (κ1) is 28.2. The Hall–Kier alpha value is -6.85. The summed E-state index contributed by atoms with van der Waals surface area (Å²) in [6.45, 7) is 0. The molecular weight excluding hydrogens is 615 g/mol. The Morgan fingerprint density at radius 3 is 1.32 bits per heavy atom. The molecular formula is C45H27N3O2. The quantitative estimate of drug-likeness (QED) is 0.187. The number of rotatable bonds is 5. The van der Waals surface area contributed by atoms with Crippen LogP contribution in [0, 0.1) is 0 Å². The van der Waals surface area contributed by atoms with Crippen molar-refractivity contribution in [3.63, 3.8) is 0 Å². The van der Waals surface area contributed by atoms with E-state index in [4.69, 9.17) is 23.8 Å². The molecule has 0 bridgehead atoms. The van der Waals surface area contributed by atoms with Crippen LogP contribution in [-0.4, -0.2) is 15.0 Å². The highest BCUT2D eigenvalue weighted by molar-refractivity contribution is 6.06. The number of aromatic nitrogens is 3. The standard InChI is InChI=1S/C45H27N3O2/c1-2-9-28(10-3-1)29-17-19-30(20-18-29)43-46-44(48-45(47-43)34-22-24-38-36-14-5-7-16-40(36)50-42(38)27-34)33-12-8-11-31(25-33)32-21-23-37-35-13-4-6-15-39(35)49-41(37)26-32/h1-27H. The van der Waals surface area contributed by atoms with Crippen molar-refractivity contribution >= 4 is 43.9 Å². The molecule has 0 atom stereocenters. The molecule has 0 radical (unpaired) electrons. The molecule has 3 heterocycles. The number of fused-ring (bicyclic) bond motifs is 6. The van der Waals surface area contributed by atoms with Crippen molar-refractivity contribution in [1.29, 1.82) is 0 Å². The summed E-state index contributed by atoms with van der Waals surface area (Å²) in [6.07, 6.45) is 0. The van der Waals surface area contributed by atoms with E-state index in [1.54, 1.807) is 0 Å². The van der Waals surface area contributed by atoms with Gasteiger partial charge < -0.3 is 8.83 Å². The zero-order valence-electron chi connectivity index (χ0n) is 26.7. The molecule has 0 amide bonds. The third-order valence-electron chi connectivity index (χ3n) is 9.36. The minimum atomic E-state index is 0.577. The van der Waals surface area contributed by atoms with Gasteiger partial charge in [0, 0.05) is 38.2 Å². The van der Waals surface area contributed by atoms with E-state index >= 15 is 0 Å². The number of benzene rings is 7. The van der Waals surface area contributed by atoms with E-state index in [1.807, 2.05) is 60.7 Å². The van der Waals surface area contributed by atoms with E-state index in [9.17, 15) is 0 Å². The molecule has 0 aliphatic carbocycles. The maximum Gasteiger partial charge on any atom is 0.164 e. The van der Waals surface area contributed by atoms with Crippen LogP contribution in [0.2, 0.25) is 0 Å². The Balaban J connectivity index is 1.10. The molecule has 0 saturated heterocycles. The fourth-order valence-corrected chi connectivity index (χ4v) is 6.81. The maximum atomic E-state index is 6.24. The molecule has 10 aromatic rings. The highest BCUT2D eigenvalue weighted by Gasteiger charge is 2.16. The molecule has 0 N–H and O–H groups in total. The van der Waals surface area contributed by atoms with Gasteiger partial charge in [0.2, 0.25) is 0 Å². The van der Waals surface area contributed by atoms with Crippen LogP contribution in [0.3, 0.4) is 0 Å². The van der Waals surface area contributed by atoms with Gasteiger partial charge in [0.05, 0.1) is 0 Å². The topological polar surface area (TPSA) is 65.0 Å². The lowest BCUT2D eigenvalue weighted by Crippen LogP contribution is -2.00. The number of furan rings is 2. The Bertz CT molecular complexity index is 2870. The Morgan fingerprint density at radius 1 is 0.260 bits per heavy atom. The summed E-state index contributed by atoms with van der Waals surface area (Å²) < 4.78 is 12.4. The molecule has 3 aromatic heterocycles. The van der Waals surface area contributed by atoms with Crippen LogP contribution < -0.4 is 0 Å². The highest BCUT2D eigenvalue weighted by Crippen LogP contribution is 2.35. The molecule has 0 fully saturated rings. The number of nitrogens with zero attached hydrogens (tertiary/aromatic N) is 3. The van der Waals surface area contributed by atoms with Crippen LogP contribution in [0.4, 0.5) is 0 Å². The molecule has 7 aromatic carbocycles. The van der Waals surface area contributed by atoms with Gasteiger partial charge in [-0.3, -0.25) is 0 Å². The molecule has 5 nitrogen and oxygen atoms in total. The minimum Gasteiger partial charge on any atom is -0.456 e. The Labute approximate surface area is 287 Å². The first-order valence-corrected chi connectivity index (χ1v) is 16.6. The second kappa shape index (κ2) is 11.4. The average Bonchev–Trinajstić information content (AvgIpc) is 3.76. The minimum absolute atomic E-state index is 0.577. The van der Waals surface area contributed by atoms with Crippen molar-refractivity contribution in [2.75, 3.05) is 0 Å². The predicted molar refractivity (Wildman–Crippen MR) is 202 cm³/mol. The summed E-state index contributed by atoms with van der Waals surface area (Å²) in [5, 5.41) is 4.37. The zero-order valence-corrected chi connectivity index (χ0v) is 26.7. The largest absolute Gasteiger partial charge is 0.456 e. The Kier molecular flexibility index (Phi) is 6.42. The van der Waals surface area contributed by atoms with Crippen molar-refractivity contribution in [1.82, 2.24) is 15.0 Å². The smallest absolute Gasteiger partial charge is 0.164 e. The molecule has 50 heavy (non-hydrogen) atoms. The lowest BCUT2D eigenvalue weighted by molar-refractivity contribution is 0.668. The van der Waals surface area contributed by atoms with Gasteiger partial charge in [-0.1, -0.05) is 121 Å². The molecule has 0 aliphatic heterocycles. The van der Waals surface area contributed by atoms with E-state index in [0.29, 0.717) is 17.5 Å². The molecule has 0 unspecified atom stereocenters. The Morgan fingerprint density at radius 2 is 0.660 bits per heavy atom. The van der Waals surface area contributed by atoms with Gasteiger partial charge in [-0.15, -0.1) is 0 Å². The molecule has 10 rings (SSSR count). The number of para-hydroxylation sites is 2. The van der Waals surface area contributed by atoms with Crippen molar-refractivity contribution in [3.05, 3.63) is 164 Å². The lowest BCUT2D eigenvalue weighted by Gasteiger charge is -2.10. The average molecular weight is 642 g/mol. The monoisotopic (exact) mass is 641 g/mol. The van der Waals surface area contributed by atoms with Crippen molar-refractivity contribution in [2.24, 2.45) is 0 Å². The van der Waals surface area contributed by atoms with Crippen molar-refractivity contribution < 1.29 is 8.83 Å². The highest BCUT2D eigenvalue weighted by atomic mass is 16.3. The molecule has 5 heteroatoms. The van der Waals surface area contributed by atoms with Gasteiger partial charge in [0.15, 0.2) is 17.5 Å². The fourth-order valence-electron chi connectivity index (χ4n) is 6.81. The van der Waals surface area contributed by atoms with E-state index < -0.39 is 0 Å². The van der Waals surface area contributed by atoms with Gasteiger partial charge in [-0.25, -0.2) is 15.0 Å². The first-order chi connectivity index (χ1) is 24.7. The van der Waals surface area contributed by atoms with Crippen LogP contribution in [0.1, 0.15) is 0 Å². The summed E-state index contributed by atoms with van der Waals surface area (Å²) in [4.78, 5) is 15.1. The van der Waals surface area contributed by atoms with Crippen LogP contribution >= 0.6 is 0 Å². The van der Waals surface area contributed by atoms with Crippen LogP contribution in [-0.2, 0) is 0 Å². The third kappa shape index (κ3) is 4.83. The summed E-state index contributed by atoms with van der Waals surface area (Å²) in [6, 6.07) is 55.9. The van der Waals surface area contributed by atoms with Crippen LogP contribution in [0.25, 0.3) is 100 Å². The predicted octanol–water partition coefficient (Wildman–Crippen LogP) is 12.0. The molecule has 234 valence electrons. The normalized spacial score (nSPS) is 11.6. The summed E-state index contributed by atoms with van der Waals surface area (Å²) >= 11 is 0. The fraction of sp³-hybridized carbons (Fsp3) is 0. The maximum absolute atomic E-state index is 6.24. The third-order valence-corrected chi connectivity index (χ3v) is 9.36. The summed E-state index contributed by atoms with van der Waals surface area (Å²) in [5.74, 6) is 1.77. The van der Waals surface area contributed by atoms with E-state index in [2.05, 4.69) is 103 Å². The van der Waals surface area contributed by atoms with Crippen molar-refractivity contribution in [2.45, 2.75) is 0 Å². The second-order valence-electron chi connectivity index (χ2n) is 12.4. The van der Waals surface area contributed by atoms with E-state index in [-0.39, 0.29) is 0 Å². The SMILES string of the molecule is c1ccc(-c2ccc(-c3nc(-c4cccc(-c5ccc6c(c5)oc5ccccc56)c4)nc(-c4ccc5c(c4)oc4ccccc45)n3)cc2)cc1. The summed E-state index contributed by atoms with van der Waals surface area (Å²) in [5.41, 5.74) is 10.4. The summed E-state index contributed by atoms with van der Waals surface area (Å²) in [7, 11) is 0. The van der Waals surface area contributed by atoms with Crippen molar-refractivity contribution in [3.8, 4) is 56.4 Å². The van der Waals surface area contributed by atoms with Gasteiger partial charge in [0.1, 0.15) is 22.3 Å². The second-order valence-corrected chi connectivity index (χ2v) is 12.4. The molecule has 0 spiro atoms. The molecule has 0 aliphatic rings. The van der Waals surface area contributed by atoms with Gasteiger partial charge in [-0.05, 0) is 64.7 Å². The zero-order chi connectivity index (χ0) is 33.0. The van der Waals surface area contributed by atoms with Gasteiger partial charge in [-0.2, -0.15) is 0 Å². The van der Waals surface area contributed by atoms with E-state index in [1.165, 1.54) is 0 Å². The molecule has 0 saturated carbocycles. The van der Waals surface area contributed by atoms with Crippen LogP contribution in [0.15, 0.2) is 173 Å². The van der Waals surface area contributed by atoms with Gasteiger partial charge in [0.25, 0.3) is 0 Å². The van der Waals surface area contributed by atoms with Crippen LogP contribution in [0.5, 0.6) is 0 Å². The van der Waals surface area contributed by atoms with E-state index in [0.717, 1.165) is 82.8 Å².